The molecule has 0 bridgehead atoms. The van der Waals surface area contributed by atoms with Crippen molar-refractivity contribution in [2.45, 2.75) is 6.04 Å². The van der Waals surface area contributed by atoms with Crippen molar-refractivity contribution in [1.29, 1.82) is 0 Å². The second-order valence-corrected chi connectivity index (χ2v) is 6.01. The summed E-state index contributed by atoms with van der Waals surface area (Å²) in [5.41, 5.74) is 0.967. The highest BCUT2D eigenvalue weighted by Gasteiger charge is 2.19. The third-order valence-corrected chi connectivity index (χ3v) is 3.96. The van der Waals surface area contributed by atoms with Gasteiger partial charge in [0.25, 0.3) is 0 Å². The zero-order valence-electron chi connectivity index (χ0n) is 13.0. The van der Waals surface area contributed by atoms with E-state index >= 15 is 0 Å². The number of halogens is 1. The lowest BCUT2D eigenvalue weighted by molar-refractivity contribution is -0.117. The van der Waals surface area contributed by atoms with Gasteiger partial charge in [0, 0.05) is 25.5 Å². The fourth-order valence-corrected chi connectivity index (χ4v) is 2.68. The van der Waals surface area contributed by atoms with Gasteiger partial charge in [-0.05, 0) is 39.7 Å². The van der Waals surface area contributed by atoms with Crippen LogP contribution < -0.4 is 5.32 Å². The second kappa shape index (κ2) is 7.31. The monoisotopic (exact) mass is 385 g/mol. The van der Waals surface area contributed by atoms with Crippen molar-refractivity contribution in [2.24, 2.45) is 7.05 Å². The number of rotatable bonds is 5. The molecule has 0 radical (unpaired) electrons. The molecule has 6 heteroatoms. The van der Waals surface area contributed by atoms with Gasteiger partial charge in [-0.1, -0.05) is 30.3 Å². The first-order valence-electron chi connectivity index (χ1n) is 7.39. The SMILES string of the molecule is Cn1ccnc1[C@H](NC(=O)/C=C/c1ccc(Br)o1)c1ccccc1. The molecule has 1 N–H and O–H groups in total. The molecule has 0 saturated carbocycles. The summed E-state index contributed by atoms with van der Waals surface area (Å²) in [5, 5.41) is 2.99. The molecule has 5 nitrogen and oxygen atoms in total. The molecule has 1 amide bonds. The molecular formula is C18H16BrN3O2. The van der Waals surface area contributed by atoms with Crippen LogP contribution in [0.1, 0.15) is 23.2 Å². The number of aromatic nitrogens is 2. The number of hydrogen-bond donors (Lipinski definition) is 1. The molecule has 2 aromatic heterocycles. The summed E-state index contributed by atoms with van der Waals surface area (Å²) in [6.07, 6.45) is 6.64. The molecular weight excluding hydrogens is 370 g/mol. The van der Waals surface area contributed by atoms with Gasteiger partial charge in [-0.3, -0.25) is 4.79 Å². The summed E-state index contributed by atoms with van der Waals surface area (Å²) in [6, 6.07) is 13.0. The lowest BCUT2D eigenvalue weighted by atomic mass is 10.1. The Morgan fingerprint density at radius 3 is 2.71 bits per heavy atom. The van der Waals surface area contributed by atoms with Gasteiger partial charge in [0.2, 0.25) is 5.91 Å². The fourth-order valence-electron chi connectivity index (χ4n) is 2.36. The Labute approximate surface area is 148 Å². The van der Waals surface area contributed by atoms with E-state index in [-0.39, 0.29) is 11.9 Å². The van der Waals surface area contributed by atoms with Crippen LogP contribution in [0.25, 0.3) is 6.08 Å². The van der Waals surface area contributed by atoms with Gasteiger partial charge >= 0.3 is 0 Å². The maximum absolute atomic E-state index is 12.3. The Balaban J connectivity index is 1.80. The molecule has 0 unspecified atom stereocenters. The largest absolute Gasteiger partial charge is 0.450 e. The molecule has 0 aliphatic carbocycles. The Bertz CT molecular complexity index is 852. The molecule has 1 aromatic carbocycles. The average molecular weight is 386 g/mol. The number of benzene rings is 1. The predicted octanol–water partition coefficient (Wildman–Crippen LogP) is 3.69. The molecule has 122 valence electrons. The van der Waals surface area contributed by atoms with E-state index in [1.807, 2.05) is 48.1 Å². The normalized spacial score (nSPS) is 12.4. The first kappa shape index (κ1) is 16.3. The van der Waals surface area contributed by atoms with Gasteiger partial charge in [-0.25, -0.2) is 4.98 Å². The highest BCUT2D eigenvalue weighted by Crippen LogP contribution is 2.20. The number of nitrogens with zero attached hydrogens (tertiary/aromatic N) is 2. The first-order chi connectivity index (χ1) is 11.6. The van der Waals surface area contributed by atoms with Crippen molar-refractivity contribution in [3.8, 4) is 0 Å². The van der Waals surface area contributed by atoms with Gasteiger partial charge in [0.05, 0.1) is 0 Å². The Morgan fingerprint density at radius 1 is 1.29 bits per heavy atom. The van der Waals surface area contributed by atoms with Gasteiger partial charge in [-0.2, -0.15) is 0 Å². The molecule has 0 spiro atoms. The molecule has 24 heavy (non-hydrogen) atoms. The Hall–Kier alpha value is -2.60. The van der Waals surface area contributed by atoms with Gasteiger partial charge in [0.1, 0.15) is 17.6 Å². The van der Waals surface area contributed by atoms with E-state index in [0.29, 0.717) is 10.4 Å². The molecule has 0 saturated heterocycles. The van der Waals surface area contributed by atoms with Crippen LogP contribution in [0.2, 0.25) is 0 Å². The summed E-state index contributed by atoms with van der Waals surface area (Å²) in [5.74, 6) is 1.15. The molecule has 0 aliphatic rings. The summed E-state index contributed by atoms with van der Waals surface area (Å²) >= 11 is 3.23. The van der Waals surface area contributed by atoms with E-state index in [4.69, 9.17) is 4.42 Å². The van der Waals surface area contributed by atoms with Crippen LogP contribution >= 0.6 is 15.9 Å². The zero-order valence-corrected chi connectivity index (χ0v) is 14.6. The number of aryl methyl sites for hydroxylation is 1. The summed E-state index contributed by atoms with van der Waals surface area (Å²) in [6.45, 7) is 0. The number of amides is 1. The van der Waals surface area contributed by atoms with Crippen LogP contribution in [-0.4, -0.2) is 15.5 Å². The Kier molecular flexibility index (Phi) is 4.96. The van der Waals surface area contributed by atoms with Crippen molar-refractivity contribution >= 4 is 27.9 Å². The first-order valence-corrected chi connectivity index (χ1v) is 8.19. The van der Waals surface area contributed by atoms with E-state index in [0.717, 1.165) is 11.4 Å². The van der Waals surface area contributed by atoms with E-state index in [1.165, 1.54) is 6.08 Å². The van der Waals surface area contributed by atoms with Crippen LogP contribution in [0.3, 0.4) is 0 Å². The number of hydrogen-bond acceptors (Lipinski definition) is 3. The molecule has 0 aliphatic heterocycles. The third kappa shape index (κ3) is 3.83. The molecule has 2 heterocycles. The van der Waals surface area contributed by atoms with E-state index in [2.05, 4.69) is 26.2 Å². The fraction of sp³-hybridized carbons (Fsp3) is 0.111. The van der Waals surface area contributed by atoms with Crippen molar-refractivity contribution in [2.75, 3.05) is 0 Å². The van der Waals surface area contributed by atoms with E-state index in [9.17, 15) is 4.79 Å². The highest BCUT2D eigenvalue weighted by molar-refractivity contribution is 9.10. The predicted molar refractivity (Wildman–Crippen MR) is 95.1 cm³/mol. The second-order valence-electron chi connectivity index (χ2n) is 5.22. The van der Waals surface area contributed by atoms with Crippen molar-refractivity contribution in [3.63, 3.8) is 0 Å². The van der Waals surface area contributed by atoms with Crippen LogP contribution in [-0.2, 0) is 11.8 Å². The lowest BCUT2D eigenvalue weighted by Crippen LogP contribution is -2.29. The number of carbonyl (C=O) groups is 1. The smallest absolute Gasteiger partial charge is 0.244 e. The quantitative estimate of drug-likeness (QED) is 0.681. The van der Waals surface area contributed by atoms with Crippen LogP contribution in [0.15, 0.2) is 70.0 Å². The topological polar surface area (TPSA) is 60.1 Å². The van der Waals surface area contributed by atoms with Crippen molar-refractivity contribution < 1.29 is 9.21 Å². The number of imidazole rings is 1. The molecule has 3 rings (SSSR count). The molecule has 1 atom stereocenters. The van der Waals surface area contributed by atoms with Crippen LogP contribution in [0.5, 0.6) is 0 Å². The Morgan fingerprint density at radius 2 is 2.08 bits per heavy atom. The minimum Gasteiger partial charge on any atom is -0.450 e. The number of carbonyl (C=O) groups excluding carboxylic acids is 1. The zero-order chi connectivity index (χ0) is 16.9. The maximum Gasteiger partial charge on any atom is 0.244 e. The minimum atomic E-state index is -0.327. The lowest BCUT2D eigenvalue weighted by Gasteiger charge is -2.18. The summed E-state index contributed by atoms with van der Waals surface area (Å²) < 4.78 is 7.87. The summed E-state index contributed by atoms with van der Waals surface area (Å²) in [7, 11) is 1.90. The molecule has 3 aromatic rings. The maximum atomic E-state index is 12.3. The third-order valence-electron chi connectivity index (χ3n) is 3.53. The van der Waals surface area contributed by atoms with E-state index in [1.54, 1.807) is 24.4 Å². The average Bonchev–Trinajstić information content (AvgIpc) is 3.20. The highest BCUT2D eigenvalue weighted by atomic mass is 79.9. The standard InChI is InChI=1S/C18H16BrN3O2/c1-22-12-11-20-18(22)17(13-5-3-2-4-6-13)21-16(23)10-8-14-7-9-15(19)24-14/h2-12,17H,1H3,(H,21,23)/b10-8+/t17-/m1/s1. The minimum absolute atomic E-state index is 0.223. The van der Waals surface area contributed by atoms with Gasteiger partial charge < -0.3 is 14.3 Å². The van der Waals surface area contributed by atoms with Gasteiger partial charge in [0.15, 0.2) is 4.67 Å². The molecule has 0 fully saturated rings. The van der Waals surface area contributed by atoms with Gasteiger partial charge in [-0.15, -0.1) is 0 Å². The van der Waals surface area contributed by atoms with Crippen molar-refractivity contribution in [1.82, 2.24) is 14.9 Å². The van der Waals surface area contributed by atoms with Crippen LogP contribution in [0.4, 0.5) is 0 Å². The summed E-state index contributed by atoms with van der Waals surface area (Å²) in [4.78, 5) is 16.7. The number of nitrogens with one attached hydrogen (secondary N) is 1. The van der Waals surface area contributed by atoms with Crippen LogP contribution in [0, 0.1) is 0 Å². The number of furan rings is 1. The van der Waals surface area contributed by atoms with Crippen molar-refractivity contribution in [3.05, 3.63) is 82.8 Å². The van der Waals surface area contributed by atoms with E-state index < -0.39 is 0 Å².